The Hall–Kier alpha value is -1.24. The minimum Gasteiger partial charge on any atom is -0.252 e. The summed E-state index contributed by atoms with van der Waals surface area (Å²) in [6, 6.07) is 8.75. The summed E-state index contributed by atoms with van der Waals surface area (Å²) >= 11 is 0. The highest BCUT2D eigenvalue weighted by atomic mass is 14.9. The molecule has 0 saturated carbocycles. The molecule has 1 heterocycles. The molecule has 1 aliphatic carbocycles. The van der Waals surface area contributed by atoms with Crippen LogP contribution in [-0.2, 0) is 0 Å². The zero-order valence-corrected chi connectivity index (χ0v) is 16.4. The van der Waals surface area contributed by atoms with Gasteiger partial charge in [-0.25, -0.2) is 0 Å². The minimum absolute atomic E-state index is 0.695. The zero-order valence-electron chi connectivity index (χ0n) is 16.4. The van der Waals surface area contributed by atoms with E-state index >= 15 is 0 Å². The lowest BCUT2D eigenvalue weighted by molar-refractivity contribution is 0.333. The van der Waals surface area contributed by atoms with Crippen LogP contribution in [0.2, 0.25) is 0 Å². The first-order chi connectivity index (χ1) is 12.3. The van der Waals surface area contributed by atoms with E-state index in [1.807, 2.05) is 0 Å². The second-order valence-corrected chi connectivity index (χ2v) is 8.23. The van der Waals surface area contributed by atoms with Gasteiger partial charge in [-0.15, -0.1) is 0 Å². The molecule has 2 atom stereocenters. The van der Waals surface area contributed by atoms with Crippen molar-refractivity contribution in [3.8, 4) is 0 Å². The van der Waals surface area contributed by atoms with Crippen molar-refractivity contribution in [2.45, 2.75) is 90.9 Å². The monoisotopic (exact) mass is 338 g/mol. The van der Waals surface area contributed by atoms with Gasteiger partial charge < -0.3 is 0 Å². The lowest BCUT2D eigenvalue weighted by atomic mass is 9.76. The number of nitrogens with zero attached hydrogens (tertiary/aromatic N) is 1. The fourth-order valence-corrected chi connectivity index (χ4v) is 4.67. The average molecular weight is 339 g/mol. The summed E-state index contributed by atoms with van der Waals surface area (Å²) in [6.45, 7) is 4.74. The second kappa shape index (κ2) is 9.46. The normalized spacial score (nSPS) is 21.8. The minimum atomic E-state index is 0.695. The molecule has 3 rings (SSSR count). The van der Waals surface area contributed by atoms with Crippen LogP contribution >= 0.6 is 0 Å². The highest BCUT2D eigenvalue weighted by Gasteiger charge is 2.34. The third kappa shape index (κ3) is 4.68. The molecule has 2 unspecified atom stereocenters. The summed E-state index contributed by atoms with van der Waals surface area (Å²) in [5, 5.41) is 5.04. The molecule has 137 valence electrons. The number of rotatable bonds is 10. The lowest BCUT2D eigenvalue weighted by Gasteiger charge is -2.30. The van der Waals surface area contributed by atoms with Crippen LogP contribution in [0.3, 0.4) is 0 Å². The van der Waals surface area contributed by atoms with Crippen LogP contribution in [0.4, 0.5) is 5.69 Å². The zero-order chi connectivity index (χ0) is 17.5. The fraction of sp³-hybridized carbons (Fsp3) is 0.667. The summed E-state index contributed by atoms with van der Waals surface area (Å²) in [6.07, 6.45) is 16.7. The van der Waals surface area contributed by atoms with Gasteiger partial charge in [0.15, 0.2) is 0 Å². The smallest absolute Gasteiger partial charge is 0.0708 e. The highest BCUT2D eigenvalue weighted by Crippen LogP contribution is 2.47. The van der Waals surface area contributed by atoms with Gasteiger partial charge in [-0.05, 0) is 36.8 Å². The predicted molar refractivity (Wildman–Crippen MR) is 109 cm³/mol. The van der Waals surface area contributed by atoms with Gasteiger partial charge in [0, 0.05) is 17.2 Å². The molecule has 0 amide bonds. The first kappa shape index (κ1) is 18.5. The van der Waals surface area contributed by atoms with E-state index < -0.39 is 0 Å². The summed E-state index contributed by atoms with van der Waals surface area (Å²) < 4.78 is 0. The van der Waals surface area contributed by atoms with E-state index in [2.05, 4.69) is 38.1 Å². The number of benzene rings is 1. The molecular formula is C24H36N. The van der Waals surface area contributed by atoms with Crippen molar-refractivity contribution in [3.05, 3.63) is 35.5 Å². The summed E-state index contributed by atoms with van der Waals surface area (Å²) in [5.74, 6) is 1.49. The van der Waals surface area contributed by atoms with Crippen LogP contribution in [0.1, 0.15) is 96.5 Å². The molecule has 0 aromatic heterocycles. The van der Waals surface area contributed by atoms with Crippen LogP contribution in [0.25, 0.3) is 5.57 Å². The maximum absolute atomic E-state index is 5.04. The Morgan fingerprint density at radius 2 is 1.60 bits per heavy atom. The Morgan fingerprint density at radius 1 is 0.920 bits per heavy atom. The molecule has 0 saturated heterocycles. The SMILES string of the molecule is CCCCCCCCCCCC1C2=C(CCC1C)c1ccccc1[N]2. The maximum atomic E-state index is 5.04. The van der Waals surface area contributed by atoms with Crippen LogP contribution < -0.4 is 5.32 Å². The van der Waals surface area contributed by atoms with E-state index in [1.54, 1.807) is 5.57 Å². The quantitative estimate of drug-likeness (QED) is 0.390. The number of hydrogen-bond donors (Lipinski definition) is 0. The van der Waals surface area contributed by atoms with Gasteiger partial charge in [0.2, 0.25) is 0 Å². The van der Waals surface area contributed by atoms with Crippen molar-refractivity contribution < 1.29 is 0 Å². The second-order valence-electron chi connectivity index (χ2n) is 8.23. The Bertz CT molecular complexity index is 571. The van der Waals surface area contributed by atoms with Gasteiger partial charge in [0.25, 0.3) is 0 Å². The van der Waals surface area contributed by atoms with Crippen LogP contribution in [0.15, 0.2) is 30.0 Å². The van der Waals surface area contributed by atoms with Crippen LogP contribution in [0.5, 0.6) is 0 Å². The molecule has 1 aromatic rings. The molecular weight excluding hydrogens is 302 g/mol. The summed E-state index contributed by atoms with van der Waals surface area (Å²) in [5.41, 5.74) is 5.65. The molecule has 1 nitrogen and oxygen atoms in total. The molecule has 0 bridgehead atoms. The van der Waals surface area contributed by atoms with Gasteiger partial charge in [-0.2, -0.15) is 0 Å². The van der Waals surface area contributed by atoms with Crippen molar-refractivity contribution in [1.29, 1.82) is 0 Å². The van der Waals surface area contributed by atoms with E-state index in [4.69, 9.17) is 5.32 Å². The van der Waals surface area contributed by atoms with Gasteiger partial charge in [0.1, 0.15) is 0 Å². The number of fused-ring (bicyclic) bond motifs is 2. The molecule has 1 heteroatoms. The summed E-state index contributed by atoms with van der Waals surface area (Å²) in [4.78, 5) is 0. The first-order valence-electron chi connectivity index (χ1n) is 10.9. The molecule has 1 aromatic carbocycles. The van der Waals surface area contributed by atoms with Crippen molar-refractivity contribution in [3.63, 3.8) is 0 Å². The predicted octanol–water partition coefficient (Wildman–Crippen LogP) is 7.61. The average Bonchev–Trinajstić information content (AvgIpc) is 3.00. The molecule has 0 N–H and O–H groups in total. The Balaban J connectivity index is 1.42. The number of unbranched alkanes of at least 4 members (excludes halogenated alkanes) is 8. The Morgan fingerprint density at radius 3 is 2.36 bits per heavy atom. The highest BCUT2D eigenvalue weighted by molar-refractivity contribution is 5.82. The van der Waals surface area contributed by atoms with E-state index in [-0.39, 0.29) is 0 Å². The molecule has 1 aliphatic heterocycles. The van der Waals surface area contributed by atoms with Crippen molar-refractivity contribution in [1.82, 2.24) is 5.32 Å². The number of para-hydroxylation sites is 1. The molecule has 0 spiro atoms. The van der Waals surface area contributed by atoms with Crippen LogP contribution in [-0.4, -0.2) is 0 Å². The van der Waals surface area contributed by atoms with E-state index in [9.17, 15) is 0 Å². The van der Waals surface area contributed by atoms with Gasteiger partial charge in [-0.3, -0.25) is 5.32 Å². The van der Waals surface area contributed by atoms with Gasteiger partial charge in [-0.1, -0.05) is 89.8 Å². The molecule has 0 fully saturated rings. The first-order valence-corrected chi connectivity index (χ1v) is 10.9. The fourth-order valence-electron chi connectivity index (χ4n) is 4.67. The number of hydrogen-bond acceptors (Lipinski definition) is 0. The topological polar surface area (TPSA) is 14.1 Å². The van der Waals surface area contributed by atoms with E-state index in [1.165, 1.54) is 94.0 Å². The molecule has 25 heavy (non-hydrogen) atoms. The lowest BCUT2D eigenvalue weighted by Crippen LogP contribution is -2.21. The van der Waals surface area contributed by atoms with Crippen molar-refractivity contribution >= 4 is 11.3 Å². The van der Waals surface area contributed by atoms with Crippen molar-refractivity contribution in [2.75, 3.05) is 0 Å². The summed E-state index contributed by atoms with van der Waals surface area (Å²) in [7, 11) is 0. The van der Waals surface area contributed by atoms with E-state index in [0.717, 1.165) is 5.92 Å². The van der Waals surface area contributed by atoms with Gasteiger partial charge >= 0.3 is 0 Å². The standard InChI is InChI=1S/C24H36N/c1-3-4-5-6-7-8-9-10-11-14-20-19(2)17-18-22-21-15-12-13-16-23(21)25-24(20)22/h12-13,15-16,19-20H,3-11,14,17-18H2,1-2H3. The Kier molecular flexibility index (Phi) is 7.02. The maximum Gasteiger partial charge on any atom is 0.0708 e. The third-order valence-electron chi connectivity index (χ3n) is 6.29. The van der Waals surface area contributed by atoms with Crippen LogP contribution in [0, 0.1) is 11.8 Å². The molecule has 1 radical (unpaired) electrons. The molecule has 2 aliphatic rings. The largest absolute Gasteiger partial charge is 0.252 e. The number of allylic oxidation sites excluding steroid dienone is 2. The van der Waals surface area contributed by atoms with E-state index in [0.29, 0.717) is 5.92 Å². The van der Waals surface area contributed by atoms with Gasteiger partial charge in [0.05, 0.1) is 5.69 Å². The van der Waals surface area contributed by atoms with Crippen molar-refractivity contribution in [2.24, 2.45) is 11.8 Å². The Labute approximate surface area is 155 Å². The third-order valence-corrected chi connectivity index (χ3v) is 6.29.